The molecule has 0 unspecified atom stereocenters. The van der Waals surface area contributed by atoms with Crippen LogP contribution >= 0.6 is 23.4 Å². The Kier molecular flexibility index (Phi) is 6.22. The summed E-state index contributed by atoms with van der Waals surface area (Å²) < 4.78 is 0. The molecular formula is C16H16ClN3OS. The Hall–Kier alpha value is -1.58. The number of hydrogen-bond acceptors (Lipinski definition) is 5. The molecule has 2 rings (SSSR count). The first-order chi connectivity index (χ1) is 10.6. The SMILES string of the molecule is N#Cc1ncc(Cl)cc1S[C@H](C[C@H](N)CO)c1ccccc1. The van der Waals surface area contributed by atoms with Gasteiger partial charge in [0.25, 0.3) is 0 Å². The molecule has 0 saturated heterocycles. The zero-order chi connectivity index (χ0) is 15.9. The molecular weight excluding hydrogens is 318 g/mol. The number of hydrogen-bond donors (Lipinski definition) is 2. The summed E-state index contributed by atoms with van der Waals surface area (Å²) in [6, 6.07) is 13.3. The molecule has 0 aliphatic carbocycles. The van der Waals surface area contributed by atoms with Gasteiger partial charge in [-0.1, -0.05) is 41.9 Å². The van der Waals surface area contributed by atoms with Gasteiger partial charge in [-0.2, -0.15) is 5.26 Å². The third kappa shape index (κ3) is 4.46. The lowest BCUT2D eigenvalue weighted by atomic mass is 10.1. The number of pyridine rings is 1. The van der Waals surface area contributed by atoms with Crippen LogP contribution in [0.5, 0.6) is 0 Å². The number of nitrogens with zero attached hydrogens (tertiary/aromatic N) is 2. The minimum Gasteiger partial charge on any atom is -0.395 e. The van der Waals surface area contributed by atoms with Gasteiger partial charge in [-0.3, -0.25) is 0 Å². The first kappa shape index (κ1) is 16.8. The Morgan fingerprint density at radius 2 is 2.09 bits per heavy atom. The van der Waals surface area contributed by atoms with Crippen LogP contribution in [0.1, 0.15) is 22.9 Å². The van der Waals surface area contributed by atoms with Crippen molar-refractivity contribution >= 4 is 23.4 Å². The average Bonchev–Trinajstić information content (AvgIpc) is 2.55. The second-order valence-corrected chi connectivity index (χ2v) is 6.49. The predicted molar refractivity (Wildman–Crippen MR) is 88.7 cm³/mol. The third-order valence-electron chi connectivity index (χ3n) is 3.12. The van der Waals surface area contributed by atoms with Crippen LogP contribution in [0.2, 0.25) is 5.02 Å². The number of benzene rings is 1. The van der Waals surface area contributed by atoms with E-state index in [1.807, 2.05) is 30.3 Å². The molecule has 22 heavy (non-hydrogen) atoms. The van der Waals surface area contributed by atoms with E-state index >= 15 is 0 Å². The number of rotatable bonds is 6. The molecule has 0 aliphatic heterocycles. The molecule has 2 atom stereocenters. The fourth-order valence-corrected chi connectivity index (χ4v) is 3.59. The summed E-state index contributed by atoms with van der Waals surface area (Å²) in [5.74, 6) is 0. The van der Waals surface area contributed by atoms with E-state index in [1.165, 1.54) is 18.0 Å². The third-order valence-corrected chi connectivity index (χ3v) is 4.64. The molecule has 114 valence electrons. The van der Waals surface area contributed by atoms with Crippen molar-refractivity contribution in [2.24, 2.45) is 5.73 Å². The van der Waals surface area contributed by atoms with Gasteiger partial charge in [-0.15, -0.1) is 11.8 Å². The minimum atomic E-state index is -0.324. The van der Waals surface area contributed by atoms with E-state index in [9.17, 15) is 10.4 Å². The lowest BCUT2D eigenvalue weighted by Crippen LogP contribution is -2.26. The summed E-state index contributed by atoms with van der Waals surface area (Å²) in [5, 5.41) is 18.9. The molecule has 0 bridgehead atoms. The van der Waals surface area contributed by atoms with E-state index in [1.54, 1.807) is 6.07 Å². The van der Waals surface area contributed by atoms with Gasteiger partial charge in [0, 0.05) is 22.4 Å². The second-order valence-electron chi connectivity index (χ2n) is 4.81. The van der Waals surface area contributed by atoms with Crippen molar-refractivity contribution in [2.45, 2.75) is 22.6 Å². The summed E-state index contributed by atoms with van der Waals surface area (Å²) in [6.45, 7) is -0.0806. The highest BCUT2D eigenvalue weighted by molar-refractivity contribution is 7.99. The van der Waals surface area contributed by atoms with Crippen molar-refractivity contribution in [1.82, 2.24) is 4.98 Å². The van der Waals surface area contributed by atoms with Crippen LogP contribution in [0.25, 0.3) is 0 Å². The van der Waals surface area contributed by atoms with Crippen molar-refractivity contribution < 1.29 is 5.11 Å². The fourth-order valence-electron chi connectivity index (χ4n) is 2.02. The Balaban J connectivity index is 2.31. The Bertz CT molecular complexity index is 660. The van der Waals surface area contributed by atoms with E-state index in [0.717, 1.165) is 5.56 Å². The molecule has 1 aromatic carbocycles. The molecule has 0 fully saturated rings. The summed E-state index contributed by atoms with van der Waals surface area (Å²) in [5.41, 5.74) is 7.32. The maximum atomic E-state index is 9.22. The smallest absolute Gasteiger partial charge is 0.154 e. The number of aliphatic hydroxyl groups excluding tert-OH is 1. The number of thioether (sulfide) groups is 1. The van der Waals surface area contributed by atoms with Crippen LogP contribution in [0.15, 0.2) is 47.5 Å². The number of nitriles is 1. The lowest BCUT2D eigenvalue weighted by molar-refractivity contribution is 0.259. The first-order valence-corrected chi connectivity index (χ1v) is 8.03. The van der Waals surface area contributed by atoms with Crippen molar-refractivity contribution in [3.05, 3.63) is 58.9 Å². The zero-order valence-corrected chi connectivity index (χ0v) is 13.4. The van der Waals surface area contributed by atoms with Crippen molar-refractivity contribution in [2.75, 3.05) is 6.61 Å². The standard InChI is InChI=1S/C16H16ClN3OS/c17-12-6-16(14(8-18)20-9-12)22-15(7-13(19)10-21)11-4-2-1-3-5-11/h1-6,9,13,15,21H,7,10,19H2/t13-,15+/m0/s1. The van der Waals surface area contributed by atoms with Gasteiger partial charge in [0.2, 0.25) is 0 Å². The molecule has 2 aromatic rings. The summed E-state index contributed by atoms with van der Waals surface area (Å²) >= 11 is 7.48. The quantitative estimate of drug-likeness (QED) is 0.793. The van der Waals surface area contributed by atoms with Crippen LogP contribution in [0.3, 0.4) is 0 Å². The van der Waals surface area contributed by atoms with Crippen molar-refractivity contribution in [3.8, 4) is 6.07 Å². The molecule has 0 amide bonds. The van der Waals surface area contributed by atoms with Crippen LogP contribution in [0, 0.1) is 11.3 Å². The Labute approximate surface area is 138 Å². The van der Waals surface area contributed by atoms with Gasteiger partial charge in [0.05, 0.1) is 11.6 Å². The highest BCUT2D eigenvalue weighted by Gasteiger charge is 2.19. The largest absolute Gasteiger partial charge is 0.395 e. The number of halogens is 1. The highest BCUT2D eigenvalue weighted by Crippen LogP contribution is 2.40. The van der Waals surface area contributed by atoms with Gasteiger partial charge in [-0.25, -0.2) is 4.98 Å². The maximum absolute atomic E-state index is 9.22. The van der Waals surface area contributed by atoms with Crippen molar-refractivity contribution in [1.29, 1.82) is 5.26 Å². The zero-order valence-electron chi connectivity index (χ0n) is 11.8. The van der Waals surface area contributed by atoms with Gasteiger partial charge >= 0.3 is 0 Å². The van der Waals surface area contributed by atoms with E-state index in [2.05, 4.69) is 11.1 Å². The Morgan fingerprint density at radius 3 is 2.73 bits per heavy atom. The van der Waals surface area contributed by atoms with Crippen LogP contribution in [-0.4, -0.2) is 22.7 Å². The number of nitrogens with two attached hydrogens (primary N) is 1. The van der Waals surface area contributed by atoms with E-state index < -0.39 is 0 Å². The monoisotopic (exact) mass is 333 g/mol. The molecule has 1 aromatic heterocycles. The van der Waals surface area contributed by atoms with E-state index in [4.69, 9.17) is 17.3 Å². The highest BCUT2D eigenvalue weighted by atomic mass is 35.5. The van der Waals surface area contributed by atoms with Gasteiger partial charge in [-0.05, 0) is 18.1 Å². The summed E-state index contributed by atoms with van der Waals surface area (Å²) in [7, 11) is 0. The van der Waals surface area contributed by atoms with E-state index in [-0.39, 0.29) is 17.9 Å². The topological polar surface area (TPSA) is 82.9 Å². The summed E-state index contributed by atoms with van der Waals surface area (Å²) in [4.78, 5) is 4.76. The Morgan fingerprint density at radius 1 is 1.36 bits per heavy atom. The minimum absolute atomic E-state index is 0.00992. The van der Waals surface area contributed by atoms with E-state index in [0.29, 0.717) is 22.0 Å². The maximum Gasteiger partial charge on any atom is 0.154 e. The summed E-state index contributed by atoms with van der Waals surface area (Å²) in [6.07, 6.45) is 2.05. The molecule has 0 saturated carbocycles. The normalized spacial score (nSPS) is 13.4. The average molecular weight is 334 g/mol. The van der Waals surface area contributed by atoms with Crippen LogP contribution in [0.4, 0.5) is 0 Å². The lowest BCUT2D eigenvalue weighted by Gasteiger charge is -2.20. The first-order valence-electron chi connectivity index (χ1n) is 6.77. The molecule has 6 heteroatoms. The fraction of sp³-hybridized carbons (Fsp3) is 0.250. The number of aliphatic hydroxyl groups is 1. The molecule has 0 aliphatic rings. The van der Waals surface area contributed by atoms with Gasteiger partial charge in [0.1, 0.15) is 6.07 Å². The van der Waals surface area contributed by atoms with Gasteiger partial charge in [0.15, 0.2) is 5.69 Å². The predicted octanol–water partition coefficient (Wildman–Crippen LogP) is 3.15. The number of aromatic nitrogens is 1. The molecule has 0 spiro atoms. The molecule has 3 N–H and O–H groups in total. The second kappa shape index (κ2) is 8.16. The van der Waals surface area contributed by atoms with Crippen LogP contribution < -0.4 is 5.73 Å². The molecule has 4 nitrogen and oxygen atoms in total. The molecule has 1 heterocycles. The molecule has 0 radical (unpaired) electrons. The van der Waals surface area contributed by atoms with Crippen LogP contribution in [-0.2, 0) is 0 Å². The van der Waals surface area contributed by atoms with Gasteiger partial charge < -0.3 is 10.8 Å². The van der Waals surface area contributed by atoms with Crippen molar-refractivity contribution in [3.63, 3.8) is 0 Å².